The predicted octanol–water partition coefficient (Wildman–Crippen LogP) is 19.7. The van der Waals surface area contributed by atoms with E-state index < -0.39 is 0 Å². The zero-order valence-corrected chi connectivity index (χ0v) is 38.8. The molecule has 71 heavy (non-hydrogen) atoms. The molecule has 1 heteroatoms. The Morgan fingerprint density at radius 1 is 0.183 bits per heavy atom. The van der Waals surface area contributed by atoms with Crippen molar-refractivity contribution in [3.05, 3.63) is 261 Å². The summed E-state index contributed by atoms with van der Waals surface area (Å²) in [6.45, 7) is 0. The highest BCUT2D eigenvalue weighted by Crippen LogP contribution is 2.62. The van der Waals surface area contributed by atoms with Gasteiger partial charge in [0.05, 0.1) is 0 Å². The number of hydrogen-bond donors (Lipinski definition) is 0. The Morgan fingerprint density at radius 2 is 0.451 bits per heavy atom. The van der Waals surface area contributed by atoms with E-state index in [2.05, 4.69) is 266 Å². The summed E-state index contributed by atoms with van der Waals surface area (Å²) in [5, 5.41) is 10.0. The van der Waals surface area contributed by atoms with Gasteiger partial charge in [-0.05, 0) is 193 Å². The fourth-order valence-electron chi connectivity index (χ4n) is 12.1. The van der Waals surface area contributed by atoms with Crippen LogP contribution in [0.3, 0.4) is 0 Å². The summed E-state index contributed by atoms with van der Waals surface area (Å²) in [5.41, 5.74) is 24.2. The molecule has 13 aromatic rings. The molecule has 0 amide bonds. The van der Waals surface area contributed by atoms with Crippen LogP contribution >= 0.6 is 0 Å². The van der Waals surface area contributed by atoms with Crippen LogP contribution in [0.2, 0.25) is 0 Å². The minimum atomic E-state index is 1.12. The molecule has 328 valence electrons. The molecule has 0 atom stereocenters. The third-order valence-electron chi connectivity index (χ3n) is 15.2. The average Bonchev–Trinajstić information content (AvgIpc) is 3.44. The summed E-state index contributed by atoms with van der Waals surface area (Å²) in [5.74, 6) is 0. The molecule has 13 aromatic carbocycles. The van der Waals surface area contributed by atoms with Crippen molar-refractivity contribution in [2.45, 2.75) is 0 Å². The van der Waals surface area contributed by atoms with E-state index in [0.29, 0.717) is 0 Å². The van der Waals surface area contributed by atoms with E-state index in [1.54, 1.807) is 0 Å². The van der Waals surface area contributed by atoms with Crippen LogP contribution in [0.5, 0.6) is 0 Å². The van der Waals surface area contributed by atoms with E-state index in [4.69, 9.17) is 0 Å². The lowest BCUT2D eigenvalue weighted by molar-refractivity contribution is 1.29. The molecule has 0 heterocycles. The third-order valence-corrected chi connectivity index (χ3v) is 15.2. The van der Waals surface area contributed by atoms with E-state index in [1.165, 1.54) is 132 Å². The molecule has 0 spiro atoms. The van der Waals surface area contributed by atoms with Crippen molar-refractivity contribution in [3.8, 4) is 89.0 Å². The Morgan fingerprint density at radius 3 is 0.761 bits per heavy atom. The van der Waals surface area contributed by atoms with Gasteiger partial charge in [0.1, 0.15) is 0 Å². The molecule has 0 aliphatic heterocycles. The van der Waals surface area contributed by atoms with Gasteiger partial charge in [-0.3, -0.25) is 0 Å². The maximum Gasteiger partial charge on any atom is 0.0468 e. The monoisotopic (exact) mass is 897 g/mol. The lowest BCUT2D eigenvalue weighted by Crippen LogP contribution is -2.10. The van der Waals surface area contributed by atoms with Gasteiger partial charge in [0.15, 0.2) is 0 Å². The van der Waals surface area contributed by atoms with Crippen molar-refractivity contribution in [1.82, 2.24) is 0 Å². The van der Waals surface area contributed by atoms with Crippen molar-refractivity contribution < 1.29 is 0 Å². The summed E-state index contributed by atoms with van der Waals surface area (Å²) >= 11 is 0. The van der Waals surface area contributed by atoms with Gasteiger partial charge in [-0.15, -0.1) is 0 Å². The van der Waals surface area contributed by atoms with Gasteiger partial charge >= 0.3 is 0 Å². The topological polar surface area (TPSA) is 3.24 Å². The SMILES string of the molecule is c1ccc(-c2c3c(c(-c4ccccc4)c4ccccc24)-c2cc4cc(N(c5ccccc5)c5ccc6cc7c(cc6c5)-c5c-7c(-c6ccccc6)c6ccccc6c5-c5ccccc5)ccc4cc2-3)cc1. The zero-order valence-electron chi connectivity index (χ0n) is 38.8. The van der Waals surface area contributed by atoms with Crippen molar-refractivity contribution in [1.29, 1.82) is 0 Å². The first kappa shape index (κ1) is 39.7. The smallest absolute Gasteiger partial charge is 0.0468 e. The molecule has 2 aliphatic rings. The van der Waals surface area contributed by atoms with Crippen LogP contribution in [0, 0.1) is 0 Å². The largest absolute Gasteiger partial charge is 0.310 e. The van der Waals surface area contributed by atoms with Crippen LogP contribution < -0.4 is 4.90 Å². The Kier molecular flexibility index (Phi) is 8.73. The molecular weight excluding hydrogens is 855 g/mol. The van der Waals surface area contributed by atoms with Gasteiger partial charge in [0, 0.05) is 17.1 Å². The molecule has 0 fully saturated rings. The zero-order chi connectivity index (χ0) is 46.6. The summed E-state index contributed by atoms with van der Waals surface area (Å²) < 4.78 is 0. The van der Waals surface area contributed by atoms with Crippen molar-refractivity contribution in [2.75, 3.05) is 4.90 Å². The molecule has 0 radical (unpaired) electrons. The van der Waals surface area contributed by atoms with Crippen LogP contribution in [0.4, 0.5) is 17.1 Å². The number of nitrogens with zero attached hydrogens (tertiary/aromatic N) is 1. The third kappa shape index (κ3) is 6.00. The number of fused-ring (bicyclic) bond motifs is 12. The maximum absolute atomic E-state index is 2.45. The van der Waals surface area contributed by atoms with Gasteiger partial charge in [0.25, 0.3) is 0 Å². The first-order valence-electron chi connectivity index (χ1n) is 24.7. The standard InChI is InChI=1S/C70H43N/c1-6-20-44(21-7-1)63-55-30-16-18-32-57(55)65(46-24-10-3-11-25-46)69-61-42-50-38-53(36-34-48(50)40-59(61)67(63)69)71(52-28-14-5-15-29-52)54-37-35-49-41-60-62(43-51(49)39-54)70-66(47-26-12-4-13-27-47)58-33-19-17-31-56(58)64(68(60)70)45-22-8-2-9-23-45/h1-43H. The summed E-state index contributed by atoms with van der Waals surface area (Å²) in [4.78, 5) is 2.42. The summed E-state index contributed by atoms with van der Waals surface area (Å²) in [6.07, 6.45) is 0. The van der Waals surface area contributed by atoms with Gasteiger partial charge in [-0.1, -0.05) is 200 Å². The van der Waals surface area contributed by atoms with Gasteiger partial charge in [-0.2, -0.15) is 0 Å². The Balaban J connectivity index is 0.900. The highest BCUT2D eigenvalue weighted by molar-refractivity contribution is 6.27. The number of hydrogen-bond acceptors (Lipinski definition) is 1. The van der Waals surface area contributed by atoms with Crippen LogP contribution in [0.25, 0.3) is 132 Å². The molecular formula is C70H43N. The molecule has 0 saturated carbocycles. The lowest BCUT2D eigenvalue weighted by atomic mass is 9.70. The molecule has 0 unspecified atom stereocenters. The van der Waals surface area contributed by atoms with E-state index in [0.717, 1.165) is 17.1 Å². The normalized spacial score (nSPS) is 11.9. The second kappa shape index (κ2) is 15.6. The second-order valence-corrected chi connectivity index (χ2v) is 19.1. The Bertz CT molecular complexity index is 4030. The molecule has 0 aromatic heterocycles. The molecule has 0 N–H and O–H groups in total. The maximum atomic E-state index is 2.45. The van der Waals surface area contributed by atoms with Gasteiger partial charge < -0.3 is 4.90 Å². The highest BCUT2D eigenvalue weighted by atomic mass is 15.1. The van der Waals surface area contributed by atoms with Crippen molar-refractivity contribution >= 4 is 60.2 Å². The highest BCUT2D eigenvalue weighted by Gasteiger charge is 2.34. The minimum absolute atomic E-state index is 1.12. The van der Waals surface area contributed by atoms with Crippen molar-refractivity contribution in [2.24, 2.45) is 0 Å². The summed E-state index contributed by atoms with van der Waals surface area (Å²) in [7, 11) is 0. The van der Waals surface area contributed by atoms with Crippen LogP contribution in [0.1, 0.15) is 0 Å². The number of benzene rings is 13. The summed E-state index contributed by atoms with van der Waals surface area (Å²) in [6, 6.07) is 96.4. The Hall–Kier alpha value is -9.30. The average molecular weight is 898 g/mol. The first-order valence-corrected chi connectivity index (χ1v) is 24.7. The molecule has 0 saturated heterocycles. The van der Waals surface area contributed by atoms with Gasteiger partial charge in [0.2, 0.25) is 0 Å². The fourth-order valence-corrected chi connectivity index (χ4v) is 12.1. The fraction of sp³-hybridized carbons (Fsp3) is 0. The van der Waals surface area contributed by atoms with E-state index in [9.17, 15) is 0 Å². The predicted molar refractivity (Wildman–Crippen MR) is 302 cm³/mol. The quantitative estimate of drug-likeness (QED) is 0.154. The first-order chi connectivity index (χ1) is 35.2. The van der Waals surface area contributed by atoms with E-state index in [-0.39, 0.29) is 0 Å². The van der Waals surface area contributed by atoms with Crippen LogP contribution in [-0.4, -0.2) is 0 Å². The number of rotatable bonds is 7. The number of para-hydroxylation sites is 1. The molecule has 0 bridgehead atoms. The molecule has 1 nitrogen and oxygen atoms in total. The molecule has 15 rings (SSSR count). The minimum Gasteiger partial charge on any atom is -0.310 e. The van der Waals surface area contributed by atoms with E-state index in [1.807, 2.05) is 0 Å². The molecule has 2 aliphatic carbocycles. The van der Waals surface area contributed by atoms with Crippen LogP contribution in [0.15, 0.2) is 261 Å². The second-order valence-electron chi connectivity index (χ2n) is 19.1. The van der Waals surface area contributed by atoms with Gasteiger partial charge in [-0.25, -0.2) is 0 Å². The number of anilines is 3. The van der Waals surface area contributed by atoms with E-state index >= 15 is 0 Å². The van der Waals surface area contributed by atoms with Crippen molar-refractivity contribution in [3.63, 3.8) is 0 Å². The lowest BCUT2D eigenvalue weighted by Gasteiger charge is -2.33. The Labute approximate surface area is 412 Å². The van der Waals surface area contributed by atoms with Crippen LogP contribution in [-0.2, 0) is 0 Å².